The zero-order chi connectivity index (χ0) is 23.1. The van der Waals surface area contributed by atoms with Crippen LogP contribution < -0.4 is 18.9 Å². The van der Waals surface area contributed by atoms with E-state index in [2.05, 4.69) is 0 Å². The van der Waals surface area contributed by atoms with Crippen molar-refractivity contribution in [1.29, 1.82) is 0 Å². The summed E-state index contributed by atoms with van der Waals surface area (Å²) >= 11 is 0. The topological polar surface area (TPSA) is 110 Å². The van der Waals surface area contributed by atoms with Crippen LogP contribution in [0.3, 0.4) is 0 Å². The van der Waals surface area contributed by atoms with E-state index in [1.165, 1.54) is 31.3 Å². The fraction of sp³-hybridized carbons (Fsp3) is 0.409. The number of ether oxygens (including phenoxy) is 5. The lowest BCUT2D eigenvalue weighted by Gasteiger charge is -2.25. The molecule has 3 rings (SSSR count). The second-order valence-corrected chi connectivity index (χ2v) is 6.88. The summed E-state index contributed by atoms with van der Waals surface area (Å²) in [6.45, 7) is 3.68. The van der Waals surface area contributed by atoms with E-state index >= 15 is 0 Å². The number of methoxy groups -OCH3 is 2. The van der Waals surface area contributed by atoms with Gasteiger partial charge in [-0.25, -0.2) is 0 Å². The highest BCUT2D eigenvalue weighted by Gasteiger charge is 2.29. The lowest BCUT2D eigenvalue weighted by molar-refractivity contribution is -0.385. The molecule has 0 bridgehead atoms. The molecule has 0 saturated heterocycles. The van der Waals surface area contributed by atoms with E-state index in [-0.39, 0.29) is 35.9 Å². The van der Waals surface area contributed by atoms with Crippen molar-refractivity contribution < 1.29 is 33.4 Å². The average molecular weight is 446 g/mol. The third-order valence-corrected chi connectivity index (χ3v) is 4.93. The first-order valence-electron chi connectivity index (χ1n) is 10.1. The monoisotopic (exact) mass is 446 g/mol. The van der Waals surface area contributed by atoms with Crippen LogP contribution in [0.15, 0.2) is 30.3 Å². The smallest absolute Gasteiger partial charge is 0.286 e. The van der Waals surface area contributed by atoms with Crippen LogP contribution >= 0.6 is 0 Å². The Morgan fingerprint density at radius 2 is 1.94 bits per heavy atom. The van der Waals surface area contributed by atoms with Crippen LogP contribution in [0.5, 0.6) is 23.0 Å². The number of para-hydroxylation sites is 1. The average Bonchev–Trinajstić information content (AvgIpc) is 2.81. The number of carbonyl (C=O) groups is 1. The van der Waals surface area contributed by atoms with E-state index in [1.54, 1.807) is 13.0 Å². The molecule has 1 amide bonds. The number of hydrogen-bond donors (Lipinski definition) is 0. The van der Waals surface area contributed by atoms with Crippen molar-refractivity contribution in [3.05, 3.63) is 51.6 Å². The van der Waals surface area contributed by atoms with Crippen LogP contribution in [0.1, 0.15) is 22.8 Å². The van der Waals surface area contributed by atoms with Crippen molar-refractivity contribution in [2.75, 3.05) is 47.2 Å². The summed E-state index contributed by atoms with van der Waals surface area (Å²) in [4.78, 5) is 26.0. The first kappa shape index (κ1) is 23.1. The highest BCUT2D eigenvalue weighted by Crippen LogP contribution is 2.37. The number of fused-ring (bicyclic) bond motifs is 1. The van der Waals surface area contributed by atoms with Crippen LogP contribution in [-0.4, -0.2) is 62.9 Å². The fourth-order valence-corrected chi connectivity index (χ4v) is 3.34. The lowest BCUT2D eigenvalue weighted by Crippen LogP contribution is -2.31. The maximum absolute atomic E-state index is 13.3. The van der Waals surface area contributed by atoms with Gasteiger partial charge < -0.3 is 28.6 Å². The van der Waals surface area contributed by atoms with Crippen molar-refractivity contribution in [1.82, 2.24) is 4.90 Å². The van der Waals surface area contributed by atoms with Crippen LogP contribution in [-0.2, 0) is 11.3 Å². The van der Waals surface area contributed by atoms with Gasteiger partial charge >= 0.3 is 0 Å². The summed E-state index contributed by atoms with van der Waals surface area (Å²) in [6, 6.07) is 8.00. The molecule has 0 spiro atoms. The first-order valence-corrected chi connectivity index (χ1v) is 10.1. The molecule has 0 N–H and O–H groups in total. The number of rotatable bonds is 10. The maximum atomic E-state index is 13.3. The van der Waals surface area contributed by atoms with Crippen molar-refractivity contribution in [3.8, 4) is 23.0 Å². The zero-order valence-electron chi connectivity index (χ0n) is 18.3. The minimum Gasteiger partial charge on any atom is -0.493 e. The van der Waals surface area contributed by atoms with Crippen LogP contribution in [0, 0.1) is 10.1 Å². The Labute approximate surface area is 185 Å². The zero-order valence-corrected chi connectivity index (χ0v) is 18.3. The molecule has 0 aromatic heterocycles. The molecule has 0 saturated carbocycles. The molecule has 0 radical (unpaired) electrons. The normalized spacial score (nSPS) is 12.2. The first-order chi connectivity index (χ1) is 15.5. The quantitative estimate of drug-likeness (QED) is 0.311. The molecule has 10 heteroatoms. The summed E-state index contributed by atoms with van der Waals surface area (Å²) in [5.41, 5.74) is 0.303. The van der Waals surface area contributed by atoms with Gasteiger partial charge in [-0.05, 0) is 13.0 Å². The largest absolute Gasteiger partial charge is 0.493 e. The van der Waals surface area contributed by atoms with Gasteiger partial charge in [0.15, 0.2) is 23.0 Å². The van der Waals surface area contributed by atoms with Crippen LogP contribution in [0.2, 0.25) is 0 Å². The van der Waals surface area contributed by atoms with E-state index in [1.807, 2.05) is 12.1 Å². The molecule has 32 heavy (non-hydrogen) atoms. The lowest BCUT2D eigenvalue weighted by atomic mass is 10.1. The van der Waals surface area contributed by atoms with Crippen molar-refractivity contribution in [3.63, 3.8) is 0 Å². The number of benzene rings is 2. The minimum atomic E-state index is -0.606. The van der Waals surface area contributed by atoms with E-state index < -0.39 is 10.8 Å². The predicted molar refractivity (Wildman–Crippen MR) is 115 cm³/mol. The fourth-order valence-electron chi connectivity index (χ4n) is 3.34. The van der Waals surface area contributed by atoms with Crippen molar-refractivity contribution >= 4 is 11.6 Å². The van der Waals surface area contributed by atoms with Crippen molar-refractivity contribution in [2.45, 2.75) is 13.5 Å². The molecule has 2 aromatic carbocycles. The van der Waals surface area contributed by atoms with E-state index in [9.17, 15) is 14.9 Å². The van der Waals surface area contributed by atoms with Gasteiger partial charge in [-0.3, -0.25) is 14.9 Å². The molecular weight excluding hydrogens is 420 g/mol. The summed E-state index contributed by atoms with van der Waals surface area (Å²) in [5, 5.41) is 11.7. The summed E-state index contributed by atoms with van der Waals surface area (Å²) in [7, 11) is 2.93. The van der Waals surface area contributed by atoms with E-state index in [0.717, 1.165) is 5.56 Å². The molecule has 2 aromatic rings. The van der Waals surface area contributed by atoms with E-state index in [4.69, 9.17) is 23.7 Å². The molecule has 10 nitrogen and oxygen atoms in total. The van der Waals surface area contributed by atoms with Crippen LogP contribution in [0.4, 0.5) is 5.69 Å². The maximum Gasteiger partial charge on any atom is 0.286 e. The molecule has 1 aliphatic rings. The number of hydrogen-bond acceptors (Lipinski definition) is 8. The Bertz CT molecular complexity index is 979. The molecule has 0 unspecified atom stereocenters. The minimum absolute atomic E-state index is 0.0882. The molecule has 1 aliphatic heterocycles. The Balaban J connectivity index is 1.93. The Morgan fingerprint density at radius 3 is 2.62 bits per heavy atom. The number of nitrogens with zero attached hydrogens (tertiary/aromatic N) is 2. The summed E-state index contributed by atoms with van der Waals surface area (Å²) < 4.78 is 27.1. The third kappa shape index (κ3) is 5.02. The highest BCUT2D eigenvalue weighted by atomic mass is 16.6. The van der Waals surface area contributed by atoms with Gasteiger partial charge in [0, 0.05) is 31.8 Å². The number of amides is 1. The van der Waals surface area contributed by atoms with Gasteiger partial charge in [0.2, 0.25) is 0 Å². The van der Waals surface area contributed by atoms with Gasteiger partial charge in [0.05, 0.1) is 24.7 Å². The standard InChI is InChI=1S/C22H26N2O8/c1-4-23(14-15-6-5-7-18-21(15)32-11-10-30-18)22(25)16-12-19(29-3)20(31-9-8-28-2)13-17(16)24(26)27/h5-7,12-13H,4,8-11,14H2,1-3H3. The molecule has 0 atom stereocenters. The Kier molecular flexibility index (Phi) is 7.72. The highest BCUT2D eigenvalue weighted by molar-refractivity contribution is 5.99. The molecule has 0 aliphatic carbocycles. The Morgan fingerprint density at radius 1 is 1.16 bits per heavy atom. The van der Waals surface area contributed by atoms with Crippen molar-refractivity contribution in [2.24, 2.45) is 0 Å². The van der Waals surface area contributed by atoms with Crippen LogP contribution in [0.25, 0.3) is 0 Å². The molecule has 0 fully saturated rings. The molecular formula is C22H26N2O8. The summed E-state index contributed by atoms with van der Waals surface area (Å²) in [5.74, 6) is 1.08. The molecule has 1 heterocycles. The second-order valence-electron chi connectivity index (χ2n) is 6.88. The number of nitro groups is 1. The summed E-state index contributed by atoms with van der Waals surface area (Å²) in [6.07, 6.45) is 0. The van der Waals surface area contributed by atoms with E-state index in [0.29, 0.717) is 37.9 Å². The van der Waals surface area contributed by atoms with Gasteiger partial charge in [-0.2, -0.15) is 0 Å². The van der Waals surface area contributed by atoms with Gasteiger partial charge in [-0.15, -0.1) is 0 Å². The second kappa shape index (κ2) is 10.7. The van der Waals surface area contributed by atoms with Gasteiger partial charge in [0.25, 0.3) is 11.6 Å². The SMILES string of the molecule is CCN(Cc1cccc2c1OCCO2)C(=O)c1cc(OC)c(OCCOC)cc1[N+](=O)[O-]. The Hall–Kier alpha value is -3.53. The van der Waals surface area contributed by atoms with Gasteiger partial charge in [0.1, 0.15) is 25.4 Å². The number of carbonyl (C=O) groups excluding carboxylic acids is 1. The van der Waals surface area contributed by atoms with Gasteiger partial charge in [-0.1, -0.05) is 12.1 Å². The third-order valence-electron chi connectivity index (χ3n) is 4.93. The molecule has 172 valence electrons. The predicted octanol–water partition coefficient (Wildman–Crippen LogP) is 3.06. The number of nitro benzene ring substituents is 1.